The fraction of sp³-hybridized carbons (Fsp3) is 0.357. The number of ether oxygens (including phenoxy) is 1. The van der Waals surface area contributed by atoms with Crippen LogP contribution in [-0.4, -0.2) is 12.1 Å². The maximum absolute atomic E-state index is 5.73. The van der Waals surface area contributed by atoms with E-state index < -0.39 is 0 Å². The van der Waals surface area contributed by atoms with Gasteiger partial charge in [-0.25, -0.2) is 4.98 Å². The lowest BCUT2D eigenvalue weighted by molar-refractivity contribution is 0.419. The Labute approximate surface area is 102 Å². The van der Waals surface area contributed by atoms with E-state index in [2.05, 4.69) is 24.0 Å². The van der Waals surface area contributed by atoms with Gasteiger partial charge < -0.3 is 10.5 Å². The molecule has 1 aromatic heterocycles. The average molecular weight is 230 g/mol. The van der Waals surface area contributed by atoms with E-state index in [-0.39, 0.29) is 0 Å². The van der Waals surface area contributed by atoms with Crippen molar-refractivity contribution in [1.29, 1.82) is 0 Å². The zero-order chi connectivity index (χ0) is 12.3. The number of nitrogens with two attached hydrogens (primary N) is 1. The van der Waals surface area contributed by atoms with Crippen LogP contribution in [0.15, 0.2) is 24.3 Å². The first-order chi connectivity index (χ1) is 8.24. The summed E-state index contributed by atoms with van der Waals surface area (Å²) in [7, 11) is 1.66. The second-order valence-electron chi connectivity index (χ2n) is 4.20. The number of fused-ring (bicyclic) bond motifs is 1. The summed E-state index contributed by atoms with van der Waals surface area (Å²) in [6.07, 6.45) is 3.51. The Hall–Kier alpha value is -1.77. The van der Waals surface area contributed by atoms with Crippen LogP contribution in [0.3, 0.4) is 0 Å². The van der Waals surface area contributed by atoms with E-state index >= 15 is 0 Å². The third kappa shape index (κ3) is 2.49. The quantitative estimate of drug-likeness (QED) is 0.877. The van der Waals surface area contributed by atoms with Crippen LogP contribution in [0.5, 0.6) is 5.75 Å². The topological polar surface area (TPSA) is 48.1 Å². The number of hydrogen-bond acceptors (Lipinski definition) is 3. The van der Waals surface area contributed by atoms with Crippen LogP contribution in [0.1, 0.15) is 25.3 Å². The highest BCUT2D eigenvalue weighted by Gasteiger charge is 2.05. The van der Waals surface area contributed by atoms with Gasteiger partial charge in [-0.2, -0.15) is 0 Å². The maximum atomic E-state index is 5.73. The average Bonchev–Trinajstić information content (AvgIpc) is 2.35. The van der Waals surface area contributed by atoms with E-state index in [0.717, 1.165) is 23.1 Å². The predicted molar refractivity (Wildman–Crippen MR) is 71.3 cm³/mol. The lowest BCUT2D eigenvalue weighted by atomic mass is 10.1. The summed E-state index contributed by atoms with van der Waals surface area (Å²) in [6, 6.07) is 8.05. The number of unbranched alkanes of at least 4 members (excludes halogenated alkanes) is 1. The van der Waals surface area contributed by atoms with Gasteiger partial charge in [-0.05, 0) is 30.5 Å². The molecule has 0 amide bonds. The smallest absolute Gasteiger partial charge is 0.131 e. The number of rotatable bonds is 4. The molecule has 3 nitrogen and oxygen atoms in total. The Morgan fingerprint density at radius 2 is 2.12 bits per heavy atom. The first kappa shape index (κ1) is 11.7. The zero-order valence-electron chi connectivity index (χ0n) is 10.4. The second-order valence-corrected chi connectivity index (χ2v) is 4.20. The molecule has 2 rings (SSSR count). The van der Waals surface area contributed by atoms with Gasteiger partial charge in [-0.15, -0.1) is 0 Å². The number of nitrogens with zero attached hydrogens (tertiary/aromatic N) is 1. The minimum Gasteiger partial charge on any atom is -0.496 e. The van der Waals surface area contributed by atoms with Crippen LogP contribution >= 0.6 is 0 Å². The van der Waals surface area contributed by atoms with Crippen LogP contribution in [0.2, 0.25) is 0 Å². The molecule has 2 N–H and O–H groups in total. The Balaban J connectivity index is 2.47. The number of nitrogen functional groups attached to an aromatic ring is 1. The van der Waals surface area contributed by atoms with Gasteiger partial charge in [0.15, 0.2) is 0 Å². The van der Waals surface area contributed by atoms with Crippen molar-refractivity contribution in [2.24, 2.45) is 0 Å². The molecule has 0 atom stereocenters. The van der Waals surface area contributed by atoms with Gasteiger partial charge in [0.05, 0.1) is 12.6 Å². The van der Waals surface area contributed by atoms with Crippen molar-refractivity contribution in [3.05, 3.63) is 29.8 Å². The molecule has 3 heteroatoms. The summed E-state index contributed by atoms with van der Waals surface area (Å²) in [4.78, 5) is 4.30. The van der Waals surface area contributed by atoms with Crippen LogP contribution in [0.4, 0.5) is 5.82 Å². The molecule has 0 radical (unpaired) electrons. The first-order valence-corrected chi connectivity index (χ1v) is 5.97. The Bertz CT molecular complexity index is 523. The highest BCUT2D eigenvalue weighted by Crippen LogP contribution is 2.27. The molecule has 0 spiro atoms. The van der Waals surface area contributed by atoms with E-state index in [4.69, 9.17) is 10.5 Å². The molecule has 2 aromatic rings. The van der Waals surface area contributed by atoms with Gasteiger partial charge in [-0.3, -0.25) is 0 Å². The highest BCUT2D eigenvalue weighted by atomic mass is 16.5. The van der Waals surface area contributed by atoms with Crippen molar-refractivity contribution < 1.29 is 4.74 Å². The number of pyridine rings is 1. The summed E-state index contributed by atoms with van der Waals surface area (Å²) >= 11 is 0. The minimum absolute atomic E-state index is 0.496. The summed E-state index contributed by atoms with van der Waals surface area (Å²) in [5.74, 6) is 1.29. The third-order valence-corrected chi connectivity index (χ3v) is 2.89. The summed E-state index contributed by atoms with van der Waals surface area (Å²) in [5.41, 5.74) is 7.94. The summed E-state index contributed by atoms with van der Waals surface area (Å²) in [5, 5.41) is 1.04. The number of methoxy groups -OCH3 is 1. The lowest BCUT2D eigenvalue weighted by Crippen LogP contribution is -1.95. The first-order valence-electron chi connectivity index (χ1n) is 5.97. The van der Waals surface area contributed by atoms with E-state index in [0.29, 0.717) is 5.82 Å². The van der Waals surface area contributed by atoms with E-state index in [1.54, 1.807) is 13.2 Å². The fourth-order valence-corrected chi connectivity index (χ4v) is 1.97. The maximum Gasteiger partial charge on any atom is 0.131 e. The predicted octanol–water partition coefficient (Wildman–Crippen LogP) is 3.17. The number of hydrogen-bond donors (Lipinski definition) is 1. The molecule has 0 unspecified atom stereocenters. The van der Waals surface area contributed by atoms with Gasteiger partial charge >= 0.3 is 0 Å². The van der Waals surface area contributed by atoms with Gasteiger partial charge in [0, 0.05) is 11.5 Å². The molecule has 0 aliphatic heterocycles. The molecule has 0 saturated heterocycles. The standard InChI is InChI=1S/C14H18N2O/c1-3-4-5-10-6-7-12-11(8-10)13(17-2)9-14(15)16-12/h6-9H,3-5H2,1-2H3,(H2,15,16). The van der Waals surface area contributed by atoms with E-state index in [9.17, 15) is 0 Å². The van der Waals surface area contributed by atoms with E-state index in [1.165, 1.54) is 18.4 Å². The number of aryl methyl sites for hydroxylation is 1. The summed E-state index contributed by atoms with van der Waals surface area (Å²) in [6.45, 7) is 2.20. The van der Waals surface area contributed by atoms with Crippen molar-refractivity contribution >= 4 is 16.7 Å². The number of benzene rings is 1. The number of anilines is 1. The normalized spacial score (nSPS) is 10.7. The molecule has 0 aliphatic rings. The van der Waals surface area contributed by atoms with Crippen LogP contribution in [0, 0.1) is 0 Å². The van der Waals surface area contributed by atoms with Gasteiger partial charge in [-0.1, -0.05) is 19.4 Å². The molecule has 90 valence electrons. The monoisotopic (exact) mass is 230 g/mol. The lowest BCUT2D eigenvalue weighted by Gasteiger charge is -2.08. The van der Waals surface area contributed by atoms with Gasteiger partial charge in [0.1, 0.15) is 11.6 Å². The molecule has 0 aliphatic carbocycles. The Morgan fingerprint density at radius 3 is 2.82 bits per heavy atom. The van der Waals surface area contributed by atoms with Crippen LogP contribution < -0.4 is 10.5 Å². The van der Waals surface area contributed by atoms with Crippen molar-refractivity contribution in [1.82, 2.24) is 4.98 Å². The largest absolute Gasteiger partial charge is 0.496 e. The summed E-state index contributed by atoms with van der Waals surface area (Å²) < 4.78 is 5.35. The van der Waals surface area contributed by atoms with Crippen molar-refractivity contribution in [3.63, 3.8) is 0 Å². The number of aromatic nitrogens is 1. The third-order valence-electron chi connectivity index (χ3n) is 2.89. The van der Waals surface area contributed by atoms with Crippen LogP contribution in [0.25, 0.3) is 10.9 Å². The fourth-order valence-electron chi connectivity index (χ4n) is 1.97. The molecule has 17 heavy (non-hydrogen) atoms. The van der Waals surface area contributed by atoms with Crippen LogP contribution in [-0.2, 0) is 6.42 Å². The van der Waals surface area contributed by atoms with Crippen molar-refractivity contribution in [3.8, 4) is 5.75 Å². The molecule has 1 heterocycles. The highest BCUT2D eigenvalue weighted by molar-refractivity contribution is 5.87. The van der Waals surface area contributed by atoms with E-state index in [1.807, 2.05) is 6.07 Å². The SMILES string of the molecule is CCCCc1ccc2nc(N)cc(OC)c2c1. The zero-order valence-corrected chi connectivity index (χ0v) is 10.4. The molecule has 0 bridgehead atoms. The molecule has 1 aromatic carbocycles. The second kappa shape index (κ2) is 5.04. The molecule has 0 fully saturated rings. The van der Waals surface area contributed by atoms with Gasteiger partial charge in [0.2, 0.25) is 0 Å². The Kier molecular flexibility index (Phi) is 3.47. The Morgan fingerprint density at radius 1 is 1.29 bits per heavy atom. The minimum atomic E-state index is 0.496. The molecule has 0 saturated carbocycles. The molecular weight excluding hydrogens is 212 g/mol. The molecular formula is C14H18N2O. The van der Waals surface area contributed by atoms with Crippen molar-refractivity contribution in [2.75, 3.05) is 12.8 Å². The van der Waals surface area contributed by atoms with Crippen molar-refractivity contribution in [2.45, 2.75) is 26.2 Å². The van der Waals surface area contributed by atoms with Gasteiger partial charge in [0.25, 0.3) is 0 Å².